The summed E-state index contributed by atoms with van der Waals surface area (Å²) < 4.78 is 11.7. The minimum absolute atomic E-state index is 0.0102. The Bertz CT molecular complexity index is 2220. The zero-order valence-corrected chi connectivity index (χ0v) is 33.6. The number of anilines is 1. The Kier molecular flexibility index (Phi) is 14.1. The molecule has 1 saturated carbocycles. The number of aromatic amines is 1. The van der Waals surface area contributed by atoms with Crippen LogP contribution < -0.4 is 16.2 Å². The van der Waals surface area contributed by atoms with Crippen LogP contribution in [0, 0.1) is 11.8 Å². The van der Waals surface area contributed by atoms with Gasteiger partial charge < -0.3 is 39.8 Å². The molecule has 0 radical (unpaired) electrons. The van der Waals surface area contributed by atoms with Gasteiger partial charge in [0.2, 0.25) is 11.5 Å². The first-order chi connectivity index (χ1) is 28.7. The van der Waals surface area contributed by atoms with Crippen LogP contribution in [0.1, 0.15) is 42.1 Å². The molecule has 3 atom stereocenters. The molecule has 5 aromatic rings. The second-order valence-corrected chi connectivity index (χ2v) is 15.8. The molecule has 7 rings (SSSR count). The molecule has 310 valence electrons. The first-order valence-corrected chi connectivity index (χ1v) is 20.7. The van der Waals surface area contributed by atoms with E-state index in [1.807, 2.05) is 54.6 Å². The van der Waals surface area contributed by atoms with Crippen LogP contribution in [0.15, 0.2) is 108 Å². The van der Waals surface area contributed by atoms with Crippen LogP contribution in [0.4, 0.5) is 10.5 Å². The number of pyridine rings is 1. The number of benzene rings is 4. The average Bonchev–Trinajstić information content (AvgIpc) is 3.80. The molecule has 4 aromatic carbocycles. The second-order valence-electron chi connectivity index (χ2n) is 15.8. The van der Waals surface area contributed by atoms with Gasteiger partial charge >= 0.3 is 6.09 Å². The normalized spacial score (nSPS) is 18.1. The van der Waals surface area contributed by atoms with E-state index in [9.17, 15) is 24.6 Å². The Labute approximate surface area is 345 Å². The van der Waals surface area contributed by atoms with Gasteiger partial charge in [0.15, 0.2) is 0 Å². The zero-order chi connectivity index (χ0) is 41.1. The fraction of sp³-hybridized carbons (Fsp3) is 0.383. The van der Waals surface area contributed by atoms with Crippen molar-refractivity contribution in [3.05, 3.63) is 130 Å². The maximum absolute atomic E-state index is 12.9. The number of ether oxygens (including phenoxy) is 2. The van der Waals surface area contributed by atoms with E-state index in [0.29, 0.717) is 61.0 Å². The lowest BCUT2D eigenvalue weighted by molar-refractivity contribution is -0.131. The quantitative estimate of drug-likeness (QED) is 0.0658. The molecule has 2 aliphatic rings. The van der Waals surface area contributed by atoms with Gasteiger partial charge in [-0.3, -0.25) is 14.9 Å². The lowest BCUT2D eigenvalue weighted by atomic mass is 10.0. The number of phenolic OH excluding ortho intramolecular Hbond substituents is 1. The highest BCUT2D eigenvalue weighted by molar-refractivity contribution is 5.91. The number of hydrogen-bond acceptors (Lipinski definition) is 9. The van der Waals surface area contributed by atoms with Gasteiger partial charge in [0, 0.05) is 63.3 Å². The molecule has 2 fully saturated rings. The maximum Gasteiger partial charge on any atom is 0.411 e. The lowest BCUT2D eigenvalue weighted by Gasteiger charge is -2.20. The van der Waals surface area contributed by atoms with Crippen LogP contribution in [0.2, 0.25) is 0 Å². The number of H-pyrrole nitrogens is 1. The Morgan fingerprint density at radius 1 is 0.881 bits per heavy atom. The largest absolute Gasteiger partial charge is 0.506 e. The molecule has 12 nitrogen and oxygen atoms in total. The van der Waals surface area contributed by atoms with Gasteiger partial charge in [0.25, 0.3) is 0 Å². The number of aromatic hydroxyl groups is 1. The number of fused-ring (bicyclic) bond motifs is 2. The molecule has 5 N–H and O–H groups in total. The number of aliphatic hydroxyl groups is 1. The van der Waals surface area contributed by atoms with Crippen LogP contribution in [0.3, 0.4) is 0 Å². The molecule has 0 spiro atoms. The van der Waals surface area contributed by atoms with Crippen LogP contribution in [-0.2, 0) is 27.1 Å². The molecule has 2 amide bonds. The first-order valence-electron chi connectivity index (χ1n) is 20.7. The van der Waals surface area contributed by atoms with Gasteiger partial charge in [0.05, 0.1) is 36.9 Å². The summed E-state index contributed by atoms with van der Waals surface area (Å²) in [6, 6.07) is 32.6. The number of nitrogens with one attached hydrogen (secondary N) is 3. The van der Waals surface area contributed by atoms with Crippen LogP contribution >= 0.6 is 0 Å². The lowest BCUT2D eigenvalue weighted by Crippen LogP contribution is -2.35. The van der Waals surface area contributed by atoms with Crippen LogP contribution in [0.5, 0.6) is 5.75 Å². The van der Waals surface area contributed by atoms with Gasteiger partial charge in [0.1, 0.15) is 11.9 Å². The summed E-state index contributed by atoms with van der Waals surface area (Å²) >= 11 is 0. The predicted octanol–water partition coefficient (Wildman–Crippen LogP) is 6.13. The van der Waals surface area contributed by atoms with Crippen LogP contribution in [-0.4, -0.2) is 103 Å². The summed E-state index contributed by atoms with van der Waals surface area (Å²) in [6.45, 7) is 5.21. The zero-order valence-electron chi connectivity index (χ0n) is 33.6. The summed E-state index contributed by atoms with van der Waals surface area (Å²) in [5.41, 5.74) is 5.84. The first kappa shape index (κ1) is 41.6. The van der Waals surface area contributed by atoms with Gasteiger partial charge in [-0.15, -0.1) is 0 Å². The van der Waals surface area contributed by atoms with E-state index >= 15 is 0 Å². The number of aliphatic hydroxyl groups excluding tert-OH is 1. The standard InChI is InChI=1S/C47H55N5O7/c1-51(24-22-48-29-43(54)39-15-17-42(53)46-40(39)16-18-44(55)50-46)45(56)21-26-58-25-20-33-13-11-32(12-14-33)19-23-52-30-35-27-37(28-36(35)31-52)59-47(57)49-41-10-6-5-9-38(41)34-7-3-2-4-8-34/h2-18,35-37,43,48,53-54H,19-31H2,1H3,(H,49,57)(H,50,55)/t35?,36?,37?,43-/m0/s1. The number of likely N-dealkylation sites (tertiary alicyclic amines) is 1. The Balaban J connectivity index is 0.730. The monoisotopic (exact) mass is 801 g/mol. The molecule has 1 saturated heterocycles. The van der Waals surface area contributed by atoms with Crippen molar-refractivity contribution < 1.29 is 29.3 Å². The minimum Gasteiger partial charge on any atom is -0.506 e. The number of hydrogen-bond donors (Lipinski definition) is 5. The number of nitrogens with zero attached hydrogens (tertiary/aromatic N) is 2. The summed E-state index contributed by atoms with van der Waals surface area (Å²) in [6.07, 6.45) is 2.59. The number of aromatic nitrogens is 1. The Hall–Kier alpha value is -5.53. The highest BCUT2D eigenvalue weighted by Crippen LogP contribution is 2.40. The number of para-hydroxylation sites is 1. The van der Waals surface area contributed by atoms with Crippen molar-refractivity contribution in [3.63, 3.8) is 0 Å². The van der Waals surface area contributed by atoms with Gasteiger partial charge in [-0.2, -0.15) is 0 Å². The van der Waals surface area contributed by atoms with E-state index in [0.717, 1.165) is 62.1 Å². The van der Waals surface area contributed by atoms with Crippen molar-refractivity contribution in [2.24, 2.45) is 11.8 Å². The third-order valence-corrected chi connectivity index (χ3v) is 11.7. The fourth-order valence-electron chi connectivity index (χ4n) is 8.44. The van der Waals surface area contributed by atoms with Crippen LogP contribution in [0.25, 0.3) is 22.0 Å². The van der Waals surface area contributed by atoms with E-state index < -0.39 is 6.10 Å². The van der Waals surface area contributed by atoms with Gasteiger partial charge in [-0.05, 0) is 78.0 Å². The topological polar surface area (TPSA) is 156 Å². The highest BCUT2D eigenvalue weighted by Gasteiger charge is 2.42. The number of rotatable bonds is 18. The molecule has 1 aromatic heterocycles. The molecule has 1 aliphatic heterocycles. The Morgan fingerprint density at radius 2 is 1.59 bits per heavy atom. The molecule has 2 unspecified atom stereocenters. The van der Waals surface area contributed by atoms with Crippen molar-refractivity contribution in [2.75, 3.05) is 64.8 Å². The van der Waals surface area contributed by atoms with Gasteiger partial charge in [-0.25, -0.2) is 4.79 Å². The number of likely N-dealkylation sites (N-methyl/N-ethyl adjacent to an activating group) is 1. The van der Waals surface area contributed by atoms with E-state index in [2.05, 4.69) is 44.8 Å². The molecule has 1 aliphatic carbocycles. The number of carbonyl (C=O) groups excluding carboxylic acids is 2. The molecule has 59 heavy (non-hydrogen) atoms. The van der Waals surface area contributed by atoms with Crippen molar-refractivity contribution >= 4 is 28.6 Å². The van der Waals surface area contributed by atoms with E-state index in [1.165, 1.54) is 23.3 Å². The second kappa shape index (κ2) is 20.0. The highest BCUT2D eigenvalue weighted by atomic mass is 16.6. The van der Waals surface area contributed by atoms with Crippen molar-refractivity contribution in [1.82, 2.24) is 20.1 Å². The van der Waals surface area contributed by atoms with Gasteiger partial charge in [-0.1, -0.05) is 78.9 Å². The molecule has 12 heteroatoms. The molecular formula is C47H55N5O7. The molecular weight excluding hydrogens is 747 g/mol. The number of carbonyl (C=O) groups is 2. The summed E-state index contributed by atoms with van der Waals surface area (Å²) in [4.78, 5) is 44.0. The number of phenols is 1. The predicted molar refractivity (Wildman–Crippen MR) is 229 cm³/mol. The van der Waals surface area contributed by atoms with Crippen molar-refractivity contribution in [1.29, 1.82) is 0 Å². The Morgan fingerprint density at radius 3 is 2.36 bits per heavy atom. The number of amides is 2. The molecule has 2 heterocycles. The smallest absolute Gasteiger partial charge is 0.411 e. The van der Waals surface area contributed by atoms with E-state index in [4.69, 9.17) is 9.47 Å². The van der Waals surface area contributed by atoms with Crippen molar-refractivity contribution in [3.8, 4) is 16.9 Å². The maximum atomic E-state index is 12.9. The SMILES string of the molecule is CN(CCNC[C@H](O)c1ccc(O)c2[nH]c(=O)ccc12)C(=O)CCOCCc1ccc(CCN2CC3CC(OC(=O)Nc4ccccc4-c4ccccc4)CC3C2)cc1. The third kappa shape index (κ3) is 11.2. The van der Waals surface area contributed by atoms with E-state index in [1.54, 1.807) is 24.1 Å². The summed E-state index contributed by atoms with van der Waals surface area (Å²) in [7, 11) is 1.75. The minimum atomic E-state index is -0.861. The third-order valence-electron chi connectivity index (χ3n) is 11.7. The fourth-order valence-corrected chi connectivity index (χ4v) is 8.44. The average molecular weight is 802 g/mol. The molecule has 0 bridgehead atoms. The van der Waals surface area contributed by atoms with E-state index in [-0.39, 0.29) is 36.0 Å². The summed E-state index contributed by atoms with van der Waals surface area (Å²) in [5, 5.41) is 27.6. The van der Waals surface area contributed by atoms with Crippen molar-refractivity contribution in [2.45, 2.75) is 44.3 Å². The summed E-state index contributed by atoms with van der Waals surface area (Å²) in [5.74, 6) is 1.05.